The Morgan fingerprint density at radius 3 is 1.89 bits per heavy atom. The minimum Gasteiger partial charge on any atom is -0.187 e. The highest BCUT2D eigenvalue weighted by Gasteiger charge is 2.43. The number of hydrogen-bond acceptors (Lipinski definition) is 2. The molecule has 1 heterocycles. The van der Waals surface area contributed by atoms with Gasteiger partial charge in [0.15, 0.2) is 0 Å². The van der Waals surface area contributed by atoms with Gasteiger partial charge < -0.3 is 0 Å². The fraction of sp³-hybridized carbons (Fsp3) is 1.00. The molecule has 0 aromatic rings. The summed E-state index contributed by atoms with van der Waals surface area (Å²) >= 11 is 0. The molecule has 0 spiro atoms. The average molecular weight is 130 g/mol. The lowest BCUT2D eigenvalue weighted by atomic mass is 9.91. The maximum absolute atomic E-state index is 12.7. The topological polar surface area (TPSA) is 24.7 Å². The second-order valence-electron chi connectivity index (χ2n) is 3.66. The van der Waals surface area contributed by atoms with Gasteiger partial charge in [-0.25, -0.2) is 0 Å². The molecule has 0 aromatic carbocycles. The van der Waals surface area contributed by atoms with Gasteiger partial charge in [0, 0.05) is 6.42 Å². The van der Waals surface area contributed by atoms with Crippen LogP contribution in [0.3, 0.4) is 0 Å². The third-order valence-corrected chi connectivity index (χ3v) is 1.07. The standard InChI is InChI=1S/C6H11FN2/c1-5(2,3)4-6(7)8-9-6/h4H2,1-3H3. The summed E-state index contributed by atoms with van der Waals surface area (Å²) < 4.78 is 12.7. The van der Waals surface area contributed by atoms with Gasteiger partial charge in [-0.1, -0.05) is 20.8 Å². The first-order valence-electron chi connectivity index (χ1n) is 3.04. The molecular formula is C6H11FN2. The van der Waals surface area contributed by atoms with Gasteiger partial charge in [-0.3, -0.25) is 0 Å². The SMILES string of the molecule is CC(C)(C)CC1(F)N=N1. The molecule has 9 heavy (non-hydrogen) atoms. The highest BCUT2D eigenvalue weighted by atomic mass is 19.2. The lowest BCUT2D eigenvalue weighted by Gasteiger charge is -2.16. The Morgan fingerprint density at radius 1 is 1.33 bits per heavy atom. The van der Waals surface area contributed by atoms with E-state index in [9.17, 15) is 4.39 Å². The zero-order valence-corrected chi connectivity index (χ0v) is 5.98. The van der Waals surface area contributed by atoms with Crippen molar-refractivity contribution in [1.82, 2.24) is 0 Å². The molecule has 0 fully saturated rings. The van der Waals surface area contributed by atoms with Crippen LogP contribution in [0.25, 0.3) is 0 Å². The number of nitrogens with zero attached hydrogens (tertiary/aromatic N) is 2. The molecule has 0 atom stereocenters. The van der Waals surface area contributed by atoms with Crippen LogP contribution >= 0.6 is 0 Å². The molecule has 0 radical (unpaired) electrons. The van der Waals surface area contributed by atoms with Crippen LogP contribution in [0.15, 0.2) is 10.2 Å². The predicted octanol–water partition coefficient (Wildman–Crippen LogP) is 2.51. The Bertz CT molecular complexity index is 136. The lowest BCUT2D eigenvalue weighted by molar-refractivity contribution is 0.186. The maximum Gasteiger partial charge on any atom is 0.328 e. The van der Waals surface area contributed by atoms with Crippen molar-refractivity contribution in [2.45, 2.75) is 33.1 Å². The molecule has 0 saturated heterocycles. The van der Waals surface area contributed by atoms with Crippen molar-refractivity contribution in [3.63, 3.8) is 0 Å². The van der Waals surface area contributed by atoms with Crippen molar-refractivity contribution in [3.8, 4) is 0 Å². The van der Waals surface area contributed by atoms with Crippen LogP contribution < -0.4 is 0 Å². The average Bonchev–Trinajstić information content (AvgIpc) is 2.12. The van der Waals surface area contributed by atoms with Crippen LogP contribution in [0.5, 0.6) is 0 Å². The molecule has 0 bridgehead atoms. The van der Waals surface area contributed by atoms with E-state index in [4.69, 9.17) is 0 Å². The molecule has 1 aliphatic rings. The van der Waals surface area contributed by atoms with Crippen LogP contribution in [-0.4, -0.2) is 5.92 Å². The monoisotopic (exact) mass is 130 g/mol. The number of halogens is 1. The quantitative estimate of drug-likeness (QED) is 0.487. The molecule has 0 unspecified atom stereocenters. The highest BCUT2D eigenvalue weighted by Crippen LogP contribution is 2.40. The maximum atomic E-state index is 12.7. The zero-order valence-electron chi connectivity index (χ0n) is 5.98. The molecule has 52 valence electrons. The first-order valence-corrected chi connectivity index (χ1v) is 3.04. The number of hydrogen-bond donors (Lipinski definition) is 0. The van der Waals surface area contributed by atoms with Crippen molar-refractivity contribution in [1.29, 1.82) is 0 Å². The molecule has 1 rings (SSSR count). The van der Waals surface area contributed by atoms with E-state index in [-0.39, 0.29) is 5.41 Å². The van der Waals surface area contributed by atoms with Gasteiger partial charge in [0.2, 0.25) is 0 Å². The van der Waals surface area contributed by atoms with Gasteiger partial charge in [0.1, 0.15) is 0 Å². The Kier molecular flexibility index (Phi) is 1.12. The van der Waals surface area contributed by atoms with Crippen molar-refractivity contribution in [2.24, 2.45) is 15.6 Å². The van der Waals surface area contributed by atoms with Crippen LogP contribution in [0.4, 0.5) is 4.39 Å². The smallest absolute Gasteiger partial charge is 0.187 e. The largest absolute Gasteiger partial charge is 0.328 e. The molecule has 0 aliphatic carbocycles. The molecule has 0 N–H and O–H groups in total. The van der Waals surface area contributed by atoms with Gasteiger partial charge in [-0.05, 0) is 5.41 Å². The van der Waals surface area contributed by atoms with Crippen molar-refractivity contribution >= 4 is 0 Å². The number of alkyl halides is 1. The molecule has 1 aliphatic heterocycles. The Morgan fingerprint density at radius 2 is 1.78 bits per heavy atom. The van der Waals surface area contributed by atoms with Gasteiger partial charge >= 0.3 is 5.92 Å². The van der Waals surface area contributed by atoms with Crippen molar-refractivity contribution in [3.05, 3.63) is 0 Å². The van der Waals surface area contributed by atoms with Crippen molar-refractivity contribution < 1.29 is 4.39 Å². The summed E-state index contributed by atoms with van der Waals surface area (Å²) in [5.41, 5.74) is -0.0156. The second kappa shape index (κ2) is 1.52. The van der Waals surface area contributed by atoms with E-state index in [2.05, 4.69) is 10.2 Å². The van der Waals surface area contributed by atoms with Crippen LogP contribution in [0.1, 0.15) is 27.2 Å². The van der Waals surface area contributed by atoms with Gasteiger partial charge in [0.05, 0.1) is 0 Å². The summed E-state index contributed by atoms with van der Waals surface area (Å²) in [6, 6.07) is 0. The van der Waals surface area contributed by atoms with Crippen LogP contribution in [-0.2, 0) is 0 Å². The fourth-order valence-corrected chi connectivity index (χ4v) is 0.800. The molecular weight excluding hydrogens is 119 g/mol. The van der Waals surface area contributed by atoms with E-state index >= 15 is 0 Å². The number of rotatable bonds is 1. The van der Waals surface area contributed by atoms with E-state index in [1.165, 1.54) is 0 Å². The summed E-state index contributed by atoms with van der Waals surface area (Å²) in [6.45, 7) is 5.91. The van der Waals surface area contributed by atoms with Crippen molar-refractivity contribution in [2.75, 3.05) is 0 Å². The Labute approximate surface area is 54.2 Å². The highest BCUT2D eigenvalue weighted by molar-refractivity contribution is 4.85. The minimum atomic E-state index is -1.52. The second-order valence-corrected chi connectivity index (χ2v) is 3.66. The first kappa shape index (κ1) is 6.65. The Hall–Kier alpha value is -0.470. The van der Waals surface area contributed by atoms with E-state index in [1.54, 1.807) is 0 Å². The summed E-state index contributed by atoms with van der Waals surface area (Å²) in [7, 11) is 0. The van der Waals surface area contributed by atoms with E-state index in [1.807, 2.05) is 20.8 Å². The van der Waals surface area contributed by atoms with E-state index in [0.29, 0.717) is 6.42 Å². The molecule has 0 amide bonds. The van der Waals surface area contributed by atoms with Crippen LogP contribution in [0, 0.1) is 5.41 Å². The third-order valence-electron chi connectivity index (χ3n) is 1.07. The molecule has 0 aromatic heterocycles. The molecule has 2 nitrogen and oxygen atoms in total. The lowest BCUT2D eigenvalue weighted by Crippen LogP contribution is -2.15. The van der Waals surface area contributed by atoms with E-state index in [0.717, 1.165) is 0 Å². The molecule has 3 heteroatoms. The van der Waals surface area contributed by atoms with Crippen LogP contribution in [0.2, 0.25) is 0 Å². The summed E-state index contributed by atoms with van der Waals surface area (Å²) in [4.78, 5) is 0. The minimum absolute atomic E-state index is 0.0156. The van der Waals surface area contributed by atoms with E-state index < -0.39 is 5.92 Å². The predicted molar refractivity (Wildman–Crippen MR) is 32.8 cm³/mol. The van der Waals surface area contributed by atoms with Gasteiger partial charge in [0.25, 0.3) is 0 Å². The normalized spacial score (nSPS) is 22.2. The Balaban J connectivity index is 2.34. The summed E-state index contributed by atoms with van der Waals surface area (Å²) in [5.74, 6) is -1.52. The fourth-order valence-electron chi connectivity index (χ4n) is 0.800. The summed E-state index contributed by atoms with van der Waals surface area (Å²) in [5, 5.41) is 6.56. The van der Waals surface area contributed by atoms with Gasteiger partial charge in [-0.15, -0.1) is 10.2 Å². The summed E-state index contributed by atoms with van der Waals surface area (Å²) in [6.07, 6.45) is 0.403. The van der Waals surface area contributed by atoms with Gasteiger partial charge in [-0.2, -0.15) is 4.39 Å². The zero-order chi connectivity index (χ0) is 7.12. The third kappa shape index (κ3) is 2.08. The molecule has 0 saturated carbocycles. The first-order chi connectivity index (χ1) is 3.91.